The first kappa shape index (κ1) is 26.2. The van der Waals surface area contributed by atoms with E-state index in [0.29, 0.717) is 42.0 Å². The number of likely N-dealkylation sites (tertiary alicyclic amines) is 1. The van der Waals surface area contributed by atoms with Crippen molar-refractivity contribution in [2.45, 2.75) is 26.2 Å². The lowest BCUT2D eigenvalue weighted by Crippen LogP contribution is -2.38. The van der Waals surface area contributed by atoms with Gasteiger partial charge in [0, 0.05) is 38.7 Å². The number of nitrogens with zero attached hydrogens (tertiary/aromatic N) is 3. The topological polar surface area (TPSA) is 103 Å². The third-order valence-corrected chi connectivity index (χ3v) is 7.02. The largest absolute Gasteiger partial charge is 0.368 e. The fraction of sp³-hybridized carbons (Fsp3) is 0.290. The lowest BCUT2D eigenvalue weighted by atomic mass is 9.93. The van der Waals surface area contributed by atoms with Gasteiger partial charge in [0.15, 0.2) is 5.82 Å². The molecule has 4 aromatic rings. The minimum Gasteiger partial charge on any atom is -0.368 e. The number of benzene rings is 2. The van der Waals surface area contributed by atoms with Crippen LogP contribution in [0, 0.1) is 5.92 Å². The lowest BCUT2D eigenvalue weighted by molar-refractivity contribution is -0.118. The molecule has 2 aromatic heterocycles. The minimum absolute atomic E-state index is 0.0169. The number of aromatic amines is 1. The van der Waals surface area contributed by atoms with Crippen LogP contribution in [0.1, 0.15) is 42.2 Å². The summed E-state index contributed by atoms with van der Waals surface area (Å²) in [5.74, 6) is 1.67. The molecule has 1 aliphatic heterocycles. The fourth-order valence-electron chi connectivity index (χ4n) is 4.90. The van der Waals surface area contributed by atoms with Crippen molar-refractivity contribution in [3.8, 4) is 11.4 Å². The van der Waals surface area contributed by atoms with E-state index in [1.165, 1.54) is 12.5 Å². The van der Waals surface area contributed by atoms with E-state index >= 15 is 0 Å². The molecule has 2 aromatic carbocycles. The van der Waals surface area contributed by atoms with Crippen LogP contribution in [0.3, 0.4) is 0 Å². The Kier molecular flexibility index (Phi) is 8.31. The van der Waals surface area contributed by atoms with Crippen LogP contribution in [-0.2, 0) is 4.79 Å². The van der Waals surface area contributed by atoms with Gasteiger partial charge in [0.05, 0.1) is 5.39 Å². The molecule has 3 N–H and O–H groups in total. The summed E-state index contributed by atoms with van der Waals surface area (Å²) in [4.78, 5) is 39.3. The molecule has 1 fully saturated rings. The van der Waals surface area contributed by atoms with Gasteiger partial charge in [-0.15, -0.1) is 0 Å². The minimum atomic E-state index is -0.0832. The van der Waals surface area contributed by atoms with Crippen LogP contribution >= 0.6 is 0 Å². The summed E-state index contributed by atoms with van der Waals surface area (Å²) < 4.78 is 0. The maximum Gasteiger partial charge on any atom is 0.270 e. The monoisotopic (exact) mass is 522 g/mol. The van der Waals surface area contributed by atoms with Crippen LogP contribution in [0.2, 0.25) is 0 Å². The summed E-state index contributed by atoms with van der Waals surface area (Å²) in [6.07, 6.45) is 7.42. The molecule has 0 bridgehead atoms. The van der Waals surface area contributed by atoms with Crippen molar-refractivity contribution >= 4 is 34.7 Å². The van der Waals surface area contributed by atoms with Gasteiger partial charge < -0.3 is 20.5 Å². The number of amides is 2. The Morgan fingerprint density at radius 3 is 2.44 bits per heavy atom. The summed E-state index contributed by atoms with van der Waals surface area (Å²) in [6, 6.07) is 21.9. The number of fused-ring (bicyclic) bond motifs is 1. The number of rotatable bonds is 9. The van der Waals surface area contributed by atoms with Crippen LogP contribution in [-0.4, -0.2) is 57.8 Å². The number of nitrogens with one attached hydrogen (secondary N) is 3. The van der Waals surface area contributed by atoms with E-state index in [9.17, 15) is 9.59 Å². The molecule has 1 aliphatic rings. The second-order valence-electron chi connectivity index (χ2n) is 9.90. The zero-order valence-electron chi connectivity index (χ0n) is 22.2. The average Bonchev–Trinajstić information content (AvgIpc) is 3.41. The molecule has 8 heteroatoms. The van der Waals surface area contributed by atoms with Gasteiger partial charge in [0.2, 0.25) is 5.91 Å². The maximum atomic E-state index is 13.4. The van der Waals surface area contributed by atoms with Crippen LogP contribution in [0.25, 0.3) is 28.5 Å². The van der Waals surface area contributed by atoms with Crippen molar-refractivity contribution in [1.29, 1.82) is 0 Å². The Morgan fingerprint density at radius 2 is 1.72 bits per heavy atom. The summed E-state index contributed by atoms with van der Waals surface area (Å²) in [5, 5.41) is 6.84. The zero-order valence-corrected chi connectivity index (χ0v) is 22.2. The quantitative estimate of drug-likeness (QED) is 0.265. The standard InChI is InChI=1S/C31H34N6O2/c1-22(38)32-17-18-33-29-26-21-27(34-30(26)36-28(35-29)25-13-6-3-7-14-25)31(39)37-19-15-24(16-20-37)12-8-11-23-9-4-2-5-10-23/h2-11,13-14,21,24H,12,15-20H2,1H3,(H,32,38)(H2,33,34,35,36)/b11-8+. The van der Waals surface area contributed by atoms with E-state index in [-0.39, 0.29) is 11.8 Å². The fourth-order valence-corrected chi connectivity index (χ4v) is 4.90. The van der Waals surface area contributed by atoms with Gasteiger partial charge in [0.25, 0.3) is 5.91 Å². The van der Waals surface area contributed by atoms with Crippen LogP contribution in [0.5, 0.6) is 0 Å². The molecule has 0 radical (unpaired) electrons. The second kappa shape index (κ2) is 12.4. The van der Waals surface area contributed by atoms with Crippen molar-refractivity contribution in [3.05, 3.63) is 84.1 Å². The summed E-state index contributed by atoms with van der Waals surface area (Å²) >= 11 is 0. The van der Waals surface area contributed by atoms with Crippen LogP contribution < -0.4 is 10.6 Å². The average molecular weight is 523 g/mol. The predicted octanol–water partition coefficient (Wildman–Crippen LogP) is 5.13. The molecule has 3 heterocycles. The molecule has 0 spiro atoms. The number of H-pyrrole nitrogens is 1. The number of carbonyl (C=O) groups excluding carboxylic acids is 2. The van der Waals surface area contributed by atoms with Gasteiger partial charge in [-0.05, 0) is 36.8 Å². The van der Waals surface area contributed by atoms with Gasteiger partial charge in [-0.25, -0.2) is 9.97 Å². The number of hydrogen-bond acceptors (Lipinski definition) is 5. The van der Waals surface area contributed by atoms with E-state index in [1.54, 1.807) is 0 Å². The highest BCUT2D eigenvalue weighted by molar-refractivity contribution is 6.00. The third-order valence-electron chi connectivity index (χ3n) is 7.02. The van der Waals surface area contributed by atoms with Crippen molar-refractivity contribution in [3.63, 3.8) is 0 Å². The molecule has 0 unspecified atom stereocenters. The van der Waals surface area contributed by atoms with E-state index in [0.717, 1.165) is 43.3 Å². The Balaban J connectivity index is 1.28. The smallest absolute Gasteiger partial charge is 0.270 e. The van der Waals surface area contributed by atoms with Crippen molar-refractivity contribution in [1.82, 2.24) is 25.2 Å². The first-order valence-corrected chi connectivity index (χ1v) is 13.5. The molecule has 0 aliphatic carbocycles. The molecule has 0 atom stereocenters. The normalized spacial score (nSPS) is 14.1. The molecule has 1 saturated heterocycles. The highest BCUT2D eigenvalue weighted by Crippen LogP contribution is 2.28. The van der Waals surface area contributed by atoms with Gasteiger partial charge in [-0.1, -0.05) is 72.8 Å². The number of anilines is 1. The van der Waals surface area contributed by atoms with E-state index < -0.39 is 0 Å². The molecule has 8 nitrogen and oxygen atoms in total. The molecule has 39 heavy (non-hydrogen) atoms. The molecule has 2 amide bonds. The number of piperidine rings is 1. The predicted molar refractivity (Wildman–Crippen MR) is 155 cm³/mol. The van der Waals surface area contributed by atoms with Crippen molar-refractivity contribution < 1.29 is 9.59 Å². The lowest BCUT2D eigenvalue weighted by Gasteiger charge is -2.31. The summed E-state index contributed by atoms with van der Waals surface area (Å²) in [5.41, 5.74) is 3.22. The van der Waals surface area contributed by atoms with Crippen molar-refractivity contribution in [2.24, 2.45) is 5.92 Å². The van der Waals surface area contributed by atoms with E-state index in [2.05, 4.69) is 39.9 Å². The molecule has 0 saturated carbocycles. The molecular formula is C31H34N6O2. The number of allylic oxidation sites excluding steroid dienone is 1. The number of aromatic nitrogens is 3. The first-order chi connectivity index (χ1) is 19.1. The second-order valence-corrected chi connectivity index (χ2v) is 9.90. The van der Waals surface area contributed by atoms with Gasteiger partial charge in [-0.3, -0.25) is 9.59 Å². The highest BCUT2D eigenvalue weighted by atomic mass is 16.2. The van der Waals surface area contributed by atoms with E-state index in [1.807, 2.05) is 59.5 Å². The van der Waals surface area contributed by atoms with Gasteiger partial charge >= 0.3 is 0 Å². The molecule has 5 rings (SSSR count). The van der Waals surface area contributed by atoms with Crippen LogP contribution in [0.15, 0.2) is 72.8 Å². The van der Waals surface area contributed by atoms with E-state index in [4.69, 9.17) is 9.97 Å². The molecule has 200 valence electrons. The SMILES string of the molecule is CC(=O)NCCNc1nc(-c2ccccc2)nc2[nH]c(C(=O)N3CCC(C/C=C/c4ccccc4)CC3)cc12. The maximum absolute atomic E-state index is 13.4. The Labute approximate surface area is 228 Å². The first-order valence-electron chi connectivity index (χ1n) is 13.5. The number of hydrogen-bond donors (Lipinski definition) is 3. The Morgan fingerprint density at radius 1 is 1.00 bits per heavy atom. The zero-order chi connectivity index (χ0) is 27.0. The Hall–Kier alpha value is -4.46. The highest BCUT2D eigenvalue weighted by Gasteiger charge is 2.25. The van der Waals surface area contributed by atoms with Gasteiger partial charge in [-0.2, -0.15) is 0 Å². The summed E-state index contributed by atoms with van der Waals surface area (Å²) in [7, 11) is 0. The molecular weight excluding hydrogens is 488 g/mol. The Bertz CT molecular complexity index is 1440. The van der Waals surface area contributed by atoms with Crippen molar-refractivity contribution in [2.75, 3.05) is 31.5 Å². The van der Waals surface area contributed by atoms with Crippen LogP contribution in [0.4, 0.5) is 5.82 Å². The number of carbonyl (C=O) groups is 2. The third kappa shape index (κ3) is 6.71. The summed E-state index contributed by atoms with van der Waals surface area (Å²) in [6.45, 7) is 3.93. The van der Waals surface area contributed by atoms with Gasteiger partial charge in [0.1, 0.15) is 17.2 Å².